The average molecular weight is 354 g/mol. The molecule has 0 aliphatic carbocycles. The van der Waals surface area contributed by atoms with Crippen LogP contribution in [0.5, 0.6) is 11.5 Å². The number of aromatic nitrogens is 4. The summed E-state index contributed by atoms with van der Waals surface area (Å²) in [5.74, 6) is 1.32. The van der Waals surface area contributed by atoms with Crippen LogP contribution >= 0.6 is 0 Å². The highest BCUT2D eigenvalue weighted by atomic mass is 16.5. The number of nitrogens with zero attached hydrogens (tertiary/aromatic N) is 4. The monoisotopic (exact) mass is 354 g/mol. The van der Waals surface area contributed by atoms with Crippen LogP contribution in [0.25, 0.3) is 5.69 Å². The molecule has 3 aromatic rings. The molecule has 3 rings (SSSR count). The van der Waals surface area contributed by atoms with Crippen molar-refractivity contribution in [1.82, 2.24) is 19.8 Å². The molecule has 0 bridgehead atoms. The van der Waals surface area contributed by atoms with Crippen molar-refractivity contribution in [2.24, 2.45) is 7.05 Å². The summed E-state index contributed by atoms with van der Waals surface area (Å²) in [6, 6.07) is 13.3. The molecule has 0 N–H and O–H groups in total. The number of methoxy groups -OCH3 is 1. The number of tetrazole rings is 1. The van der Waals surface area contributed by atoms with E-state index < -0.39 is 0 Å². The van der Waals surface area contributed by atoms with E-state index in [0.29, 0.717) is 23.8 Å². The predicted molar refractivity (Wildman–Crippen MR) is 97.9 cm³/mol. The highest BCUT2D eigenvalue weighted by Crippen LogP contribution is 2.28. The summed E-state index contributed by atoms with van der Waals surface area (Å²) < 4.78 is 13.9. The zero-order valence-electron chi connectivity index (χ0n) is 15.2. The van der Waals surface area contributed by atoms with Gasteiger partial charge in [-0.05, 0) is 40.6 Å². The van der Waals surface area contributed by atoms with Crippen molar-refractivity contribution in [3.8, 4) is 17.2 Å². The van der Waals surface area contributed by atoms with Crippen LogP contribution < -0.4 is 15.2 Å². The van der Waals surface area contributed by atoms with Crippen LogP contribution in [0, 0.1) is 0 Å². The summed E-state index contributed by atoms with van der Waals surface area (Å²) in [6.45, 7) is 2.42. The molecule has 0 unspecified atom stereocenters. The summed E-state index contributed by atoms with van der Waals surface area (Å²) in [5, 5.41) is 7.78. The SMILES string of the molecule is CCCc1cccc(-n2nnn(C)c2=O)c1COc1ccccc1OC. The molecule has 136 valence electrons. The van der Waals surface area contributed by atoms with Crippen LogP contribution in [-0.2, 0) is 20.1 Å². The molecule has 0 radical (unpaired) electrons. The Hall–Kier alpha value is -3.09. The van der Waals surface area contributed by atoms with Gasteiger partial charge in [-0.25, -0.2) is 4.79 Å². The molecule has 0 amide bonds. The van der Waals surface area contributed by atoms with Gasteiger partial charge in [-0.3, -0.25) is 0 Å². The number of ether oxygens (including phenoxy) is 2. The minimum Gasteiger partial charge on any atom is -0.493 e. The van der Waals surface area contributed by atoms with E-state index in [4.69, 9.17) is 9.47 Å². The lowest BCUT2D eigenvalue weighted by Gasteiger charge is -2.16. The molecule has 0 spiro atoms. The fourth-order valence-corrected chi connectivity index (χ4v) is 2.84. The van der Waals surface area contributed by atoms with Crippen molar-refractivity contribution >= 4 is 0 Å². The van der Waals surface area contributed by atoms with Crippen LogP contribution in [0.4, 0.5) is 0 Å². The van der Waals surface area contributed by atoms with Gasteiger partial charge in [-0.15, -0.1) is 0 Å². The first-order valence-electron chi connectivity index (χ1n) is 8.51. The minimum absolute atomic E-state index is 0.294. The molecule has 0 saturated carbocycles. The van der Waals surface area contributed by atoms with E-state index in [2.05, 4.69) is 23.4 Å². The van der Waals surface area contributed by atoms with Gasteiger partial charge in [0.2, 0.25) is 0 Å². The third-order valence-corrected chi connectivity index (χ3v) is 4.16. The molecule has 7 nitrogen and oxygen atoms in total. The van der Waals surface area contributed by atoms with Crippen LogP contribution in [-0.4, -0.2) is 26.9 Å². The Labute approximate surface area is 151 Å². The second kappa shape index (κ2) is 7.86. The van der Waals surface area contributed by atoms with Crippen LogP contribution in [0.1, 0.15) is 24.5 Å². The summed E-state index contributed by atoms with van der Waals surface area (Å²) in [4.78, 5) is 12.3. The van der Waals surface area contributed by atoms with E-state index in [1.165, 1.54) is 9.36 Å². The first-order valence-corrected chi connectivity index (χ1v) is 8.51. The molecule has 0 atom stereocenters. The highest BCUT2D eigenvalue weighted by Gasteiger charge is 2.15. The Kier molecular flexibility index (Phi) is 5.36. The van der Waals surface area contributed by atoms with Crippen molar-refractivity contribution in [1.29, 1.82) is 0 Å². The van der Waals surface area contributed by atoms with Gasteiger partial charge in [0.15, 0.2) is 11.5 Å². The summed E-state index contributed by atoms with van der Waals surface area (Å²) in [6.07, 6.45) is 1.87. The third-order valence-electron chi connectivity index (χ3n) is 4.16. The van der Waals surface area contributed by atoms with Crippen molar-refractivity contribution in [2.45, 2.75) is 26.4 Å². The lowest BCUT2D eigenvalue weighted by atomic mass is 10.0. The van der Waals surface area contributed by atoms with E-state index in [-0.39, 0.29) is 5.69 Å². The Morgan fingerprint density at radius 1 is 1.04 bits per heavy atom. The van der Waals surface area contributed by atoms with Gasteiger partial charge in [-0.2, -0.15) is 9.36 Å². The van der Waals surface area contributed by atoms with Crippen molar-refractivity contribution in [3.63, 3.8) is 0 Å². The maximum atomic E-state index is 12.3. The predicted octanol–water partition coefficient (Wildman–Crippen LogP) is 2.51. The number of benzene rings is 2. The molecule has 2 aromatic carbocycles. The van der Waals surface area contributed by atoms with Crippen molar-refractivity contribution in [2.75, 3.05) is 7.11 Å². The third kappa shape index (κ3) is 3.46. The summed E-state index contributed by atoms with van der Waals surface area (Å²) in [7, 11) is 3.19. The Balaban J connectivity index is 2.01. The second-order valence-electron chi connectivity index (χ2n) is 5.90. The smallest absolute Gasteiger partial charge is 0.368 e. The zero-order chi connectivity index (χ0) is 18.5. The van der Waals surface area contributed by atoms with E-state index >= 15 is 0 Å². The van der Waals surface area contributed by atoms with Crippen LogP contribution in [0.15, 0.2) is 47.3 Å². The summed E-state index contributed by atoms with van der Waals surface area (Å²) in [5.41, 5.74) is 2.43. The lowest BCUT2D eigenvalue weighted by Crippen LogP contribution is -2.23. The summed E-state index contributed by atoms with van der Waals surface area (Å²) >= 11 is 0. The largest absolute Gasteiger partial charge is 0.493 e. The van der Waals surface area contributed by atoms with Gasteiger partial charge in [0.05, 0.1) is 12.8 Å². The maximum Gasteiger partial charge on any atom is 0.368 e. The van der Waals surface area contributed by atoms with Gasteiger partial charge in [0.25, 0.3) is 0 Å². The molecule has 0 aliphatic heterocycles. The molecule has 1 aromatic heterocycles. The number of hydrogen-bond acceptors (Lipinski definition) is 5. The highest BCUT2D eigenvalue weighted by molar-refractivity contribution is 5.46. The fraction of sp³-hybridized carbons (Fsp3) is 0.316. The minimum atomic E-state index is -0.294. The van der Waals surface area contributed by atoms with E-state index in [9.17, 15) is 4.79 Å². The number of hydrogen-bond donors (Lipinski definition) is 0. The second-order valence-corrected chi connectivity index (χ2v) is 5.90. The average Bonchev–Trinajstić information content (AvgIpc) is 2.99. The number of aryl methyl sites for hydroxylation is 2. The Morgan fingerprint density at radius 2 is 1.81 bits per heavy atom. The Morgan fingerprint density at radius 3 is 2.46 bits per heavy atom. The molecule has 0 saturated heterocycles. The lowest BCUT2D eigenvalue weighted by molar-refractivity contribution is 0.283. The topological polar surface area (TPSA) is 71.2 Å². The molecular formula is C19H22N4O3. The van der Waals surface area contributed by atoms with Crippen molar-refractivity contribution < 1.29 is 9.47 Å². The van der Waals surface area contributed by atoms with E-state index in [1.54, 1.807) is 14.2 Å². The van der Waals surface area contributed by atoms with E-state index in [1.807, 2.05) is 36.4 Å². The first-order chi connectivity index (χ1) is 12.7. The molecule has 1 heterocycles. The van der Waals surface area contributed by atoms with Crippen LogP contribution in [0.3, 0.4) is 0 Å². The Bertz CT molecular complexity index is 946. The standard InChI is InChI=1S/C19H22N4O3/c1-4-8-14-9-7-10-16(23-19(24)22(2)20-21-23)15(14)13-26-18-12-6-5-11-17(18)25-3/h5-7,9-12H,4,8,13H2,1-3H3. The van der Waals surface area contributed by atoms with E-state index in [0.717, 1.165) is 24.0 Å². The van der Waals surface area contributed by atoms with Gasteiger partial charge < -0.3 is 9.47 Å². The quantitative estimate of drug-likeness (QED) is 0.652. The van der Waals surface area contributed by atoms with Gasteiger partial charge in [0.1, 0.15) is 6.61 Å². The van der Waals surface area contributed by atoms with Gasteiger partial charge >= 0.3 is 5.69 Å². The molecular weight excluding hydrogens is 332 g/mol. The molecule has 0 aliphatic rings. The fourth-order valence-electron chi connectivity index (χ4n) is 2.84. The van der Waals surface area contributed by atoms with Gasteiger partial charge in [-0.1, -0.05) is 37.6 Å². The molecule has 26 heavy (non-hydrogen) atoms. The van der Waals surface area contributed by atoms with Crippen LogP contribution in [0.2, 0.25) is 0 Å². The number of rotatable bonds is 7. The molecule has 7 heteroatoms. The first kappa shape index (κ1) is 17.7. The molecule has 0 fully saturated rings. The maximum absolute atomic E-state index is 12.3. The van der Waals surface area contributed by atoms with Crippen molar-refractivity contribution in [3.05, 3.63) is 64.1 Å². The zero-order valence-corrected chi connectivity index (χ0v) is 15.2. The normalized spacial score (nSPS) is 10.7. The number of para-hydroxylation sites is 2. The van der Waals surface area contributed by atoms with Gasteiger partial charge in [0, 0.05) is 12.6 Å².